The summed E-state index contributed by atoms with van der Waals surface area (Å²) in [5.74, 6) is 0.771. The number of halogens is 1. The highest BCUT2D eigenvalue weighted by atomic mass is 35.5. The second-order valence-electron chi connectivity index (χ2n) is 5.30. The zero-order chi connectivity index (χ0) is 11.5. The molecule has 2 rings (SSSR count). The van der Waals surface area contributed by atoms with Crippen LogP contribution in [0.4, 0.5) is 4.79 Å². The molecule has 0 radical (unpaired) electrons. The van der Waals surface area contributed by atoms with Gasteiger partial charge in [0.15, 0.2) is 0 Å². The van der Waals surface area contributed by atoms with Crippen LogP contribution in [0.2, 0.25) is 0 Å². The molecule has 0 aromatic heterocycles. The molecule has 2 aliphatic heterocycles. The molecule has 2 saturated heterocycles. The fourth-order valence-electron chi connectivity index (χ4n) is 2.58. The summed E-state index contributed by atoms with van der Waals surface area (Å²) in [7, 11) is 0. The highest BCUT2D eigenvalue weighted by molar-refractivity contribution is 5.85. The Bertz CT molecular complexity index is 254. The van der Waals surface area contributed by atoms with Crippen LogP contribution in [0.1, 0.15) is 32.6 Å². The number of likely N-dealkylation sites (tertiary alicyclic amines) is 2. The van der Waals surface area contributed by atoms with E-state index in [-0.39, 0.29) is 24.5 Å². The van der Waals surface area contributed by atoms with Gasteiger partial charge in [-0.05, 0) is 31.6 Å². The summed E-state index contributed by atoms with van der Waals surface area (Å²) in [6, 6.07) is 0.392. The van der Waals surface area contributed by atoms with Gasteiger partial charge in [0.25, 0.3) is 0 Å². The first-order valence-corrected chi connectivity index (χ1v) is 6.46. The number of rotatable bonds is 0. The summed E-state index contributed by atoms with van der Waals surface area (Å²) in [5.41, 5.74) is 5.90. The number of piperidine rings is 2. The molecule has 2 N–H and O–H groups in total. The molecule has 0 unspecified atom stereocenters. The van der Waals surface area contributed by atoms with Gasteiger partial charge in [0, 0.05) is 32.2 Å². The molecule has 2 amide bonds. The molecule has 4 nitrogen and oxygen atoms in total. The van der Waals surface area contributed by atoms with Crippen molar-refractivity contribution >= 4 is 18.4 Å². The van der Waals surface area contributed by atoms with Crippen LogP contribution < -0.4 is 5.73 Å². The summed E-state index contributed by atoms with van der Waals surface area (Å²) in [6.07, 6.45) is 4.40. The zero-order valence-electron chi connectivity index (χ0n) is 10.6. The minimum atomic E-state index is 0. The number of urea groups is 1. The predicted octanol–water partition coefficient (Wildman–Crippen LogP) is 1.68. The molecule has 0 bridgehead atoms. The predicted molar refractivity (Wildman–Crippen MR) is 71.4 cm³/mol. The molecular formula is C12H24ClN3O. The van der Waals surface area contributed by atoms with Gasteiger partial charge >= 0.3 is 6.03 Å². The molecule has 0 aromatic carbocycles. The molecule has 100 valence electrons. The quantitative estimate of drug-likeness (QED) is 0.721. The van der Waals surface area contributed by atoms with Crippen LogP contribution in [-0.2, 0) is 0 Å². The fourth-order valence-corrected chi connectivity index (χ4v) is 2.58. The fraction of sp³-hybridized carbons (Fsp3) is 0.917. The Labute approximate surface area is 110 Å². The van der Waals surface area contributed by atoms with E-state index in [0.29, 0.717) is 0 Å². The van der Waals surface area contributed by atoms with Crippen molar-refractivity contribution in [1.29, 1.82) is 0 Å². The third-order valence-electron chi connectivity index (χ3n) is 3.78. The van der Waals surface area contributed by atoms with E-state index in [4.69, 9.17) is 5.73 Å². The first kappa shape index (κ1) is 14.6. The maximum atomic E-state index is 12.2. The Kier molecular flexibility index (Phi) is 5.53. The van der Waals surface area contributed by atoms with Crippen molar-refractivity contribution in [2.45, 2.75) is 38.6 Å². The van der Waals surface area contributed by atoms with E-state index in [1.807, 2.05) is 9.80 Å². The van der Waals surface area contributed by atoms with Crippen molar-refractivity contribution in [2.24, 2.45) is 11.7 Å². The van der Waals surface area contributed by atoms with Crippen LogP contribution in [0, 0.1) is 5.92 Å². The summed E-state index contributed by atoms with van der Waals surface area (Å²) < 4.78 is 0. The molecule has 2 heterocycles. The van der Waals surface area contributed by atoms with Crippen molar-refractivity contribution < 1.29 is 4.79 Å². The van der Waals surface area contributed by atoms with Crippen molar-refractivity contribution in [2.75, 3.05) is 26.2 Å². The third kappa shape index (κ3) is 3.75. The van der Waals surface area contributed by atoms with Crippen LogP contribution in [0.25, 0.3) is 0 Å². The molecule has 5 heteroatoms. The number of hydrogen-bond donors (Lipinski definition) is 1. The second-order valence-corrected chi connectivity index (χ2v) is 5.30. The van der Waals surface area contributed by atoms with E-state index in [0.717, 1.165) is 57.8 Å². The lowest BCUT2D eigenvalue weighted by molar-refractivity contribution is 0.123. The van der Waals surface area contributed by atoms with Crippen LogP contribution in [0.3, 0.4) is 0 Å². The average Bonchev–Trinajstić information content (AvgIpc) is 2.29. The number of amides is 2. The number of hydrogen-bond acceptors (Lipinski definition) is 2. The molecule has 2 aliphatic rings. The van der Waals surface area contributed by atoms with Crippen molar-refractivity contribution in [3.63, 3.8) is 0 Å². The van der Waals surface area contributed by atoms with E-state index in [1.165, 1.54) is 0 Å². The van der Waals surface area contributed by atoms with Gasteiger partial charge in [-0.3, -0.25) is 0 Å². The number of nitrogens with two attached hydrogens (primary N) is 1. The van der Waals surface area contributed by atoms with E-state index in [2.05, 4.69) is 6.92 Å². The van der Waals surface area contributed by atoms with E-state index >= 15 is 0 Å². The van der Waals surface area contributed by atoms with Crippen LogP contribution >= 0.6 is 12.4 Å². The number of nitrogens with zero attached hydrogens (tertiary/aromatic N) is 2. The van der Waals surface area contributed by atoms with E-state index in [9.17, 15) is 4.79 Å². The minimum absolute atomic E-state index is 0. The van der Waals surface area contributed by atoms with Crippen molar-refractivity contribution in [3.8, 4) is 0 Å². The SMILES string of the molecule is CC1CCN(C(=O)N2CCC[C@@H](N)C2)CC1.Cl. The van der Waals surface area contributed by atoms with Gasteiger partial charge in [0.2, 0.25) is 0 Å². The van der Waals surface area contributed by atoms with Crippen LogP contribution in [0.5, 0.6) is 0 Å². The normalized spacial score (nSPS) is 26.6. The largest absolute Gasteiger partial charge is 0.326 e. The molecular weight excluding hydrogens is 238 g/mol. The molecule has 1 atom stereocenters. The summed E-state index contributed by atoms with van der Waals surface area (Å²) in [5, 5.41) is 0. The minimum Gasteiger partial charge on any atom is -0.326 e. The molecule has 0 spiro atoms. The summed E-state index contributed by atoms with van der Waals surface area (Å²) in [4.78, 5) is 16.1. The number of carbonyl (C=O) groups excluding carboxylic acids is 1. The molecule has 0 saturated carbocycles. The van der Waals surface area contributed by atoms with Crippen LogP contribution in [-0.4, -0.2) is 48.1 Å². The summed E-state index contributed by atoms with van der Waals surface area (Å²) >= 11 is 0. The Hall–Kier alpha value is -0.480. The Morgan fingerprint density at radius 1 is 1.12 bits per heavy atom. The smallest absolute Gasteiger partial charge is 0.320 e. The van der Waals surface area contributed by atoms with Gasteiger partial charge in [0.05, 0.1) is 0 Å². The van der Waals surface area contributed by atoms with Gasteiger partial charge in [-0.15, -0.1) is 12.4 Å². The molecule has 17 heavy (non-hydrogen) atoms. The lowest BCUT2D eigenvalue weighted by atomic mass is 9.99. The Morgan fingerprint density at radius 2 is 1.76 bits per heavy atom. The monoisotopic (exact) mass is 261 g/mol. The van der Waals surface area contributed by atoms with Gasteiger partial charge in [-0.2, -0.15) is 0 Å². The Balaban J connectivity index is 0.00000144. The van der Waals surface area contributed by atoms with Gasteiger partial charge in [-0.25, -0.2) is 4.79 Å². The average molecular weight is 262 g/mol. The maximum Gasteiger partial charge on any atom is 0.320 e. The van der Waals surface area contributed by atoms with E-state index < -0.39 is 0 Å². The van der Waals surface area contributed by atoms with Gasteiger partial charge in [0.1, 0.15) is 0 Å². The second kappa shape index (κ2) is 6.45. The highest BCUT2D eigenvalue weighted by Gasteiger charge is 2.27. The third-order valence-corrected chi connectivity index (χ3v) is 3.78. The first-order chi connectivity index (χ1) is 7.66. The topological polar surface area (TPSA) is 49.6 Å². The summed E-state index contributed by atoms with van der Waals surface area (Å²) in [6.45, 7) is 5.74. The van der Waals surface area contributed by atoms with Crippen LogP contribution in [0.15, 0.2) is 0 Å². The molecule has 0 aliphatic carbocycles. The maximum absolute atomic E-state index is 12.2. The lowest BCUT2D eigenvalue weighted by Gasteiger charge is -2.37. The van der Waals surface area contributed by atoms with Gasteiger partial charge < -0.3 is 15.5 Å². The lowest BCUT2D eigenvalue weighted by Crippen LogP contribution is -2.52. The zero-order valence-corrected chi connectivity index (χ0v) is 11.4. The number of carbonyl (C=O) groups is 1. The molecule has 2 fully saturated rings. The standard InChI is InChI=1S/C12H23N3O.ClH/c1-10-4-7-14(8-5-10)12(16)15-6-2-3-11(13)9-15;/h10-11H,2-9,13H2,1H3;1H/t11-;/m1./s1. The van der Waals surface area contributed by atoms with Crippen molar-refractivity contribution in [3.05, 3.63) is 0 Å². The molecule has 0 aromatic rings. The highest BCUT2D eigenvalue weighted by Crippen LogP contribution is 2.18. The van der Waals surface area contributed by atoms with E-state index in [1.54, 1.807) is 0 Å². The Morgan fingerprint density at radius 3 is 2.35 bits per heavy atom. The first-order valence-electron chi connectivity index (χ1n) is 6.46. The van der Waals surface area contributed by atoms with Gasteiger partial charge in [-0.1, -0.05) is 6.92 Å². The van der Waals surface area contributed by atoms with Crippen molar-refractivity contribution in [1.82, 2.24) is 9.80 Å².